The molecular formula is C10H16O3S. The van der Waals surface area contributed by atoms with Crippen molar-refractivity contribution in [1.82, 2.24) is 0 Å². The predicted molar refractivity (Wildman–Crippen MR) is 56.3 cm³/mol. The van der Waals surface area contributed by atoms with Gasteiger partial charge >= 0.3 is 5.97 Å². The van der Waals surface area contributed by atoms with Crippen molar-refractivity contribution in [2.45, 2.75) is 25.7 Å². The first-order valence-corrected chi connectivity index (χ1v) is 6.00. The zero-order valence-electron chi connectivity index (χ0n) is 8.45. The van der Waals surface area contributed by atoms with Gasteiger partial charge in [-0.05, 0) is 30.8 Å². The average molecular weight is 216 g/mol. The van der Waals surface area contributed by atoms with E-state index in [4.69, 9.17) is 4.74 Å². The van der Waals surface area contributed by atoms with E-state index in [0.717, 1.165) is 30.6 Å². The molecule has 1 aliphatic heterocycles. The number of rotatable bonds is 4. The van der Waals surface area contributed by atoms with Crippen LogP contribution < -0.4 is 0 Å². The topological polar surface area (TPSA) is 43.4 Å². The van der Waals surface area contributed by atoms with Crippen LogP contribution >= 0.6 is 11.8 Å². The standard InChI is InChI=1S/C10H16O3S/c1-13-9(12)10(3-2-6-11)4-7-14-8-5-10/h6H,2-5,7-8H2,1H3. The van der Waals surface area contributed by atoms with Crippen LogP contribution in [-0.2, 0) is 14.3 Å². The fourth-order valence-corrected chi connectivity index (χ4v) is 3.14. The van der Waals surface area contributed by atoms with E-state index in [1.54, 1.807) is 0 Å². The van der Waals surface area contributed by atoms with Crippen LogP contribution in [0.1, 0.15) is 25.7 Å². The molecule has 1 heterocycles. The summed E-state index contributed by atoms with van der Waals surface area (Å²) >= 11 is 1.86. The Hall–Kier alpha value is -0.510. The number of aldehydes is 1. The summed E-state index contributed by atoms with van der Waals surface area (Å²) in [6, 6.07) is 0. The number of hydrogen-bond donors (Lipinski definition) is 0. The van der Waals surface area contributed by atoms with Crippen molar-refractivity contribution < 1.29 is 14.3 Å². The Balaban J connectivity index is 2.66. The van der Waals surface area contributed by atoms with Crippen LogP contribution in [0.3, 0.4) is 0 Å². The fourth-order valence-electron chi connectivity index (χ4n) is 1.87. The van der Waals surface area contributed by atoms with Gasteiger partial charge in [0.25, 0.3) is 0 Å². The highest BCUT2D eigenvalue weighted by Crippen LogP contribution is 2.39. The van der Waals surface area contributed by atoms with Crippen molar-refractivity contribution in [3.8, 4) is 0 Å². The van der Waals surface area contributed by atoms with Gasteiger partial charge in [0.15, 0.2) is 0 Å². The molecule has 14 heavy (non-hydrogen) atoms. The Morgan fingerprint density at radius 3 is 2.64 bits per heavy atom. The third-order valence-corrected chi connectivity index (χ3v) is 3.79. The number of ether oxygens (including phenoxy) is 1. The molecule has 0 atom stereocenters. The lowest BCUT2D eigenvalue weighted by molar-refractivity contribution is -0.153. The SMILES string of the molecule is COC(=O)C1(CCC=O)CCSCC1. The first-order valence-electron chi connectivity index (χ1n) is 4.85. The maximum Gasteiger partial charge on any atom is 0.311 e. The average Bonchev–Trinajstić information content (AvgIpc) is 2.26. The Morgan fingerprint density at radius 1 is 1.50 bits per heavy atom. The van der Waals surface area contributed by atoms with Crippen molar-refractivity contribution >= 4 is 24.0 Å². The van der Waals surface area contributed by atoms with E-state index in [1.807, 2.05) is 11.8 Å². The molecule has 0 bridgehead atoms. The van der Waals surface area contributed by atoms with Gasteiger partial charge < -0.3 is 9.53 Å². The zero-order chi connectivity index (χ0) is 10.4. The van der Waals surface area contributed by atoms with Gasteiger partial charge in [-0.3, -0.25) is 4.79 Å². The van der Waals surface area contributed by atoms with E-state index in [9.17, 15) is 9.59 Å². The van der Waals surface area contributed by atoms with Crippen LogP contribution in [0.4, 0.5) is 0 Å². The molecule has 0 aromatic rings. The summed E-state index contributed by atoms with van der Waals surface area (Å²) in [5.74, 6) is 1.85. The number of esters is 1. The minimum absolute atomic E-state index is 0.139. The van der Waals surface area contributed by atoms with Crippen LogP contribution in [0.2, 0.25) is 0 Å². The smallest absolute Gasteiger partial charge is 0.311 e. The molecule has 0 unspecified atom stereocenters. The summed E-state index contributed by atoms with van der Waals surface area (Å²) in [6.07, 6.45) is 3.67. The second-order valence-electron chi connectivity index (χ2n) is 3.59. The molecule has 0 spiro atoms. The number of thioether (sulfide) groups is 1. The van der Waals surface area contributed by atoms with Gasteiger partial charge in [0, 0.05) is 6.42 Å². The number of methoxy groups -OCH3 is 1. The first-order chi connectivity index (χ1) is 6.75. The van der Waals surface area contributed by atoms with E-state index < -0.39 is 0 Å². The van der Waals surface area contributed by atoms with E-state index in [0.29, 0.717) is 12.8 Å². The van der Waals surface area contributed by atoms with Crippen LogP contribution in [-0.4, -0.2) is 30.9 Å². The fraction of sp³-hybridized carbons (Fsp3) is 0.800. The van der Waals surface area contributed by atoms with Crippen molar-refractivity contribution in [2.24, 2.45) is 5.41 Å². The second-order valence-corrected chi connectivity index (χ2v) is 4.81. The third-order valence-electron chi connectivity index (χ3n) is 2.81. The maximum atomic E-state index is 11.6. The van der Waals surface area contributed by atoms with Crippen molar-refractivity contribution in [2.75, 3.05) is 18.6 Å². The number of hydrogen-bond acceptors (Lipinski definition) is 4. The molecule has 1 aliphatic rings. The minimum Gasteiger partial charge on any atom is -0.469 e. The van der Waals surface area contributed by atoms with Gasteiger partial charge in [0.2, 0.25) is 0 Å². The molecule has 4 heteroatoms. The third kappa shape index (κ3) is 2.50. The molecule has 0 aromatic heterocycles. The van der Waals surface area contributed by atoms with Crippen molar-refractivity contribution in [3.63, 3.8) is 0 Å². The van der Waals surface area contributed by atoms with Crippen LogP contribution in [0.5, 0.6) is 0 Å². The van der Waals surface area contributed by atoms with Gasteiger partial charge in [-0.15, -0.1) is 0 Å². The van der Waals surface area contributed by atoms with Crippen LogP contribution in [0.25, 0.3) is 0 Å². The monoisotopic (exact) mass is 216 g/mol. The van der Waals surface area contributed by atoms with Gasteiger partial charge in [0.05, 0.1) is 12.5 Å². The summed E-state index contributed by atoms with van der Waals surface area (Å²) in [4.78, 5) is 22.0. The van der Waals surface area contributed by atoms with E-state index in [2.05, 4.69) is 0 Å². The lowest BCUT2D eigenvalue weighted by atomic mass is 9.78. The highest BCUT2D eigenvalue weighted by molar-refractivity contribution is 7.99. The second kappa shape index (κ2) is 5.39. The Bertz CT molecular complexity index is 209. The van der Waals surface area contributed by atoms with Gasteiger partial charge in [-0.1, -0.05) is 0 Å². The highest BCUT2D eigenvalue weighted by Gasteiger charge is 2.40. The lowest BCUT2D eigenvalue weighted by Gasteiger charge is -2.33. The molecular weight excluding hydrogens is 200 g/mol. The van der Waals surface area contributed by atoms with E-state index in [1.165, 1.54) is 7.11 Å². The van der Waals surface area contributed by atoms with Crippen LogP contribution in [0, 0.1) is 5.41 Å². The van der Waals surface area contributed by atoms with E-state index >= 15 is 0 Å². The Morgan fingerprint density at radius 2 is 2.14 bits per heavy atom. The molecule has 0 saturated carbocycles. The van der Waals surface area contributed by atoms with Crippen molar-refractivity contribution in [3.05, 3.63) is 0 Å². The highest BCUT2D eigenvalue weighted by atomic mass is 32.2. The first kappa shape index (κ1) is 11.6. The summed E-state index contributed by atoms with van der Waals surface area (Å²) in [7, 11) is 1.42. The molecule has 1 rings (SSSR count). The van der Waals surface area contributed by atoms with Gasteiger partial charge in [-0.25, -0.2) is 0 Å². The molecule has 0 N–H and O–H groups in total. The maximum absolute atomic E-state index is 11.6. The van der Waals surface area contributed by atoms with Crippen molar-refractivity contribution in [1.29, 1.82) is 0 Å². The molecule has 80 valence electrons. The molecule has 3 nitrogen and oxygen atoms in total. The Labute approximate surface area is 88.6 Å². The summed E-state index contributed by atoms with van der Waals surface area (Å²) in [6.45, 7) is 0. The summed E-state index contributed by atoms with van der Waals surface area (Å²) in [5, 5.41) is 0. The molecule has 0 aromatic carbocycles. The quantitative estimate of drug-likeness (QED) is 0.529. The molecule has 0 amide bonds. The molecule has 1 saturated heterocycles. The summed E-state index contributed by atoms with van der Waals surface area (Å²) < 4.78 is 4.83. The Kier molecular flexibility index (Phi) is 4.45. The number of carbonyl (C=O) groups is 2. The largest absolute Gasteiger partial charge is 0.469 e. The zero-order valence-corrected chi connectivity index (χ0v) is 9.27. The van der Waals surface area contributed by atoms with E-state index in [-0.39, 0.29) is 11.4 Å². The van der Waals surface area contributed by atoms with Gasteiger partial charge in [0.1, 0.15) is 6.29 Å². The van der Waals surface area contributed by atoms with Gasteiger partial charge in [-0.2, -0.15) is 11.8 Å². The normalized spacial score (nSPS) is 20.1. The lowest BCUT2D eigenvalue weighted by Crippen LogP contribution is -2.36. The molecule has 0 radical (unpaired) electrons. The summed E-state index contributed by atoms with van der Waals surface area (Å²) in [5.41, 5.74) is -0.374. The number of carbonyl (C=O) groups excluding carboxylic acids is 2. The minimum atomic E-state index is -0.374. The van der Waals surface area contributed by atoms with Crippen LogP contribution in [0.15, 0.2) is 0 Å². The predicted octanol–water partition coefficient (Wildman–Crippen LogP) is 1.65. The molecule has 0 aliphatic carbocycles. The molecule has 1 fully saturated rings.